The van der Waals surface area contributed by atoms with Gasteiger partial charge in [-0.25, -0.2) is 9.50 Å². The van der Waals surface area contributed by atoms with Crippen LogP contribution in [0, 0.1) is 19.3 Å². The van der Waals surface area contributed by atoms with Crippen molar-refractivity contribution in [2.75, 3.05) is 12.4 Å². The highest BCUT2D eigenvalue weighted by molar-refractivity contribution is 5.86. The molecule has 0 aliphatic carbocycles. The second kappa shape index (κ2) is 9.96. The molecule has 4 rings (SSSR count). The number of rotatable bonds is 6. The fourth-order valence-corrected chi connectivity index (χ4v) is 3.83. The Labute approximate surface area is 188 Å². The molecule has 0 saturated carbocycles. The van der Waals surface area contributed by atoms with E-state index in [2.05, 4.69) is 54.0 Å². The van der Waals surface area contributed by atoms with Crippen molar-refractivity contribution in [2.45, 2.75) is 34.2 Å². The summed E-state index contributed by atoms with van der Waals surface area (Å²) >= 11 is 0. The SMILES string of the molecule is C/C=C\Nc1ccc(-c2c(C)nn3c(-c4cccn4CC)cc(C)nc23)c(OC)c1.C=N. The highest BCUT2D eigenvalue weighted by atomic mass is 16.5. The zero-order valence-corrected chi connectivity index (χ0v) is 19.3. The van der Waals surface area contributed by atoms with Crippen LogP contribution in [0.2, 0.25) is 0 Å². The van der Waals surface area contributed by atoms with E-state index in [1.54, 1.807) is 7.11 Å². The topological polar surface area (TPSA) is 80.2 Å². The number of methoxy groups -OCH3 is 1. The summed E-state index contributed by atoms with van der Waals surface area (Å²) in [7, 11) is 1.69. The summed E-state index contributed by atoms with van der Waals surface area (Å²) in [6.45, 7) is 11.6. The van der Waals surface area contributed by atoms with Crippen LogP contribution in [0.4, 0.5) is 5.69 Å². The lowest BCUT2D eigenvalue weighted by atomic mass is 10.0. The van der Waals surface area contributed by atoms with Crippen molar-refractivity contribution in [2.24, 2.45) is 0 Å². The van der Waals surface area contributed by atoms with Gasteiger partial charge in [0.05, 0.1) is 29.8 Å². The summed E-state index contributed by atoms with van der Waals surface area (Å²) in [5.74, 6) is 0.782. The molecule has 0 bridgehead atoms. The van der Waals surface area contributed by atoms with Crippen LogP contribution < -0.4 is 10.1 Å². The van der Waals surface area contributed by atoms with E-state index in [9.17, 15) is 0 Å². The lowest BCUT2D eigenvalue weighted by Gasteiger charge is -2.12. The first-order valence-corrected chi connectivity index (χ1v) is 10.5. The largest absolute Gasteiger partial charge is 0.496 e. The van der Waals surface area contributed by atoms with Crippen LogP contribution in [-0.4, -0.2) is 33.0 Å². The molecule has 0 spiro atoms. The van der Waals surface area contributed by atoms with Gasteiger partial charge >= 0.3 is 0 Å². The number of hydrogen-bond donors (Lipinski definition) is 2. The van der Waals surface area contributed by atoms with E-state index in [1.807, 2.05) is 49.7 Å². The van der Waals surface area contributed by atoms with Crippen molar-refractivity contribution >= 4 is 18.1 Å². The van der Waals surface area contributed by atoms with Crippen LogP contribution >= 0.6 is 0 Å². The zero-order valence-electron chi connectivity index (χ0n) is 19.3. The number of fused-ring (bicyclic) bond motifs is 1. The number of nitrogens with one attached hydrogen (secondary N) is 2. The normalized spacial score (nSPS) is 10.9. The van der Waals surface area contributed by atoms with Crippen molar-refractivity contribution in [3.8, 4) is 28.3 Å². The summed E-state index contributed by atoms with van der Waals surface area (Å²) in [5.41, 5.74) is 7.79. The van der Waals surface area contributed by atoms with Gasteiger partial charge in [-0.1, -0.05) is 6.08 Å². The lowest BCUT2D eigenvalue weighted by molar-refractivity contribution is 0.416. The third kappa shape index (κ3) is 4.14. The van der Waals surface area contributed by atoms with E-state index < -0.39 is 0 Å². The van der Waals surface area contributed by atoms with Gasteiger partial charge < -0.3 is 20.0 Å². The number of hydrogen-bond acceptors (Lipinski definition) is 5. The summed E-state index contributed by atoms with van der Waals surface area (Å²) in [4.78, 5) is 4.86. The van der Waals surface area contributed by atoms with Gasteiger partial charge in [-0.3, -0.25) is 0 Å². The van der Waals surface area contributed by atoms with Crippen LogP contribution in [-0.2, 0) is 6.54 Å². The zero-order chi connectivity index (χ0) is 23.3. The third-order valence-corrected chi connectivity index (χ3v) is 5.21. The minimum atomic E-state index is 0.782. The fourth-order valence-electron chi connectivity index (χ4n) is 3.83. The highest BCUT2D eigenvalue weighted by Crippen LogP contribution is 2.37. The average molecular weight is 431 g/mol. The summed E-state index contributed by atoms with van der Waals surface area (Å²) < 4.78 is 9.89. The second-order valence-corrected chi connectivity index (χ2v) is 7.22. The molecule has 32 heavy (non-hydrogen) atoms. The Balaban J connectivity index is 0.00000141. The molecule has 0 fully saturated rings. The van der Waals surface area contributed by atoms with Crippen molar-refractivity contribution in [3.05, 3.63) is 66.3 Å². The molecule has 1 aromatic carbocycles. The number of ether oxygens (including phenoxy) is 1. The monoisotopic (exact) mass is 430 g/mol. The van der Waals surface area contributed by atoms with Crippen LogP contribution in [0.1, 0.15) is 25.2 Å². The molecule has 0 atom stereocenters. The Hall–Kier alpha value is -3.87. The van der Waals surface area contributed by atoms with Crippen LogP contribution in [0.25, 0.3) is 28.2 Å². The minimum absolute atomic E-state index is 0.782. The standard InChI is InChI=1S/C24H27N5O.CH3N/c1-6-12-25-18-10-11-19(22(15-18)30-5)23-17(4)27-29-21(14-16(3)26-24(23)29)20-9-8-13-28(20)7-2;1-2/h6,8-15,25H,7H2,1-5H3;2H,1H2/b12-6-;. The molecule has 0 saturated heterocycles. The van der Waals surface area contributed by atoms with Gasteiger partial charge in [-0.15, -0.1) is 0 Å². The molecule has 2 N–H and O–H groups in total. The number of anilines is 1. The summed E-state index contributed by atoms with van der Waals surface area (Å²) in [6.07, 6.45) is 5.94. The van der Waals surface area contributed by atoms with Crippen molar-refractivity contribution in [1.29, 1.82) is 5.41 Å². The molecule has 0 aliphatic rings. The lowest BCUT2D eigenvalue weighted by Crippen LogP contribution is -2.03. The van der Waals surface area contributed by atoms with Gasteiger partial charge in [0.2, 0.25) is 0 Å². The first-order valence-electron chi connectivity index (χ1n) is 10.5. The molecule has 3 heterocycles. The predicted octanol–water partition coefficient (Wildman–Crippen LogP) is 5.72. The molecule has 7 heteroatoms. The smallest absolute Gasteiger partial charge is 0.164 e. The number of allylic oxidation sites excluding steroid dienone is 1. The van der Waals surface area contributed by atoms with Gasteiger partial charge in [0.25, 0.3) is 0 Å². The van der Waals surface area contributed by atoms with Gasteiger partial charge in [0, 0.05) is 35.8 Å². The Morgan fingerprint density at radius 2 is 1.94 bits per heavy atom. The molecule has 7 nitrogen and oxygen atoms in total. The average Bonchev–Trinajstić information content (AvgIpc) is 3.42. The Morgan fingerprint density at radius 3 is 2.62 bits per heavy atom. The molecule has 0 aliphatic heterocycles. The Kier molecular flexibility index (Phi) is 7.10. The van der Waals surface area contributed by atoms with Crippen LogP contribution in [0.15, 0.2) is 54.9 Å². The first kappa shape index (κ1) is 22.8. The maximum Gasteiger partial charge on any atom is 0.164 e. The quantitative estimate of drug-likeness (QED) is 0.383. The third-order valence-electron chi connectivity index (χ3n) is 5.21. The minimum Gasteiger partial charge on any atom is -0.496 e. The number of aromatic nitrogens is 4. The molecule has 166 valence electrons. The van der Waals surface area contributed by atoms with Gasteiger partial charge in [0.15, 0.2) is 5.65 Å². The fraction of sp³-hybridized carbons (Fsp3) is 0.240. The first-order chi connectivity index (χ1) is 15.6. The molecule has 0 radical (unpaired) electrons. The Morgan fingerprint density at radius 1 is 1.16 bits per heavy atom. The molecule has 0 unspecified atom stereocenters. The molecule has 3 aromatic heterocycles. The van der Waals surface area contributed by atoms with E-state index in [1.165, 1.54) is 0 Å². The van der Waals surface area contributed by atoms with E-state index in [0.29, 0.717) is 0 Å². The summed E-state index contributed by atoms with van der Waals surface area (Å²) in [6, 6.07) is 12.4. The second-order valence-electron chi connectivity index (χ2n) is 7.22. The van der Waals surface area contributed by atoms with E-state index in [0.717, 1.165) is 57.5 Å². The van der Waals surface area contributed by atoms with Crippen molar-refractivity contribution in [1.82, 2.24) is 19.2 Å². The Bertz CT molecular complexity index is 1250. The van der Waals surface area contributed by atoms with Crippen LogP contribution in [0.3, 0.4) is 0 Å². The van der Waals surface area contributed by atoms with Gasteiger partial charge in [-0.05, 0) is 70.9 Å². The van der Waals surface area contributed by atoms with Crippen LogP contribution in [0.5, 0.6) is 5.75 Å². The molecule has 4 aromatic rings. The van der Waals surface area contributed by atoms with E-state index in [4.69, 9.17) is 20.2 Å². The van der Waals surface area contributed by atoms with E-state index in [-0.39, 0.29) is 0 Å². The molecule has 0 amide bonds. The summed E-state index contributed by atoms with van der Waals surface area (Å²) in [5, 5.41) is 13.6. The number of aryl methyl sites for hydroxylation is 3. The van der Waals surface area contributed by atoms with E-state index >= 15 is 0 Å². The number of benzene rings is 1. The number of nitrogens with zero attached hydrogens (tertiary/aromatic N) is 4. The predicted molar refractivity (Wildman–Crippen MR) is 132 cm³/mol. The molecular formula is C25H30N6O. The maximum absolute atomic E-state index is 5.73. The maximum atomic E-state index is 5.73. The highest BCUT2D eigenvalue weighted by Gasteiger charge is 2.20. The van der Waals surface area contributed by atoms with Crippen molar-refractivity contribution in [3.63, 3.8) is 0 Å². The van der Waals surface area contributed by atoms with Gasteiger partial charge in [-0.2, -0.15) is 5.10 Å². The van der Waals surface area contributed by atoms with Gasteiger partial charge in [0.1, 0.15) is 5.75 Å². The molecular weight excluding hydrogens is 400 g/mol. The van der Waals surface area contributed by atoms with Crippen molar-refractivity contribution < 1.29 is 4.74 Å².